The van der Waals surface area contributed by atoms with Gasteiger partial charge in [0.2, 0.25) is 0 Å². The number of nitrogens with two attached hydrogens (primary N) is 1. The minimum atomic E-state index is 0.188. The van der Waals surface area contributed by atoms with Crippen LogP contribution in [0.1, 0.15) is 19.5 Å². The van der Waals surface area contributed by atoms with Gasteiger partial charge in [-0.3, -0.25) is 0 Å². The summed E-state index contributed by atoms with van der Waals surface area (Å²) in [6, 6.07) is 8.05. The molecule has 19 heavy (non-hydrogen) atoms. The first-order chi connectivity index (χ1) is 9.11. The molecular weight excluding hydrogens is 238 g/mol. The highest BCUT2D eigenvalue weighted by molar-refractivity contribution is 5.62. The smallest absolute Gasteiger partial charge is 0.119 e. The Bertz CT molecular complexity index is 529. The molecule has 2 rings (SSSR count). The molecule has 0 spiro atoms. The topological polar surface area (TPSA) is 53.1 Å². The molecule has 2 N–H and O–H groups in total. The zero-order valence-electron chi connectivity index (χ0n) is 11.8. The third kappa shape index (κ3) is 3.15. The molecular formula is C15H21N3O. The van der Waals surface area contributed by atoms with Crippen LogP contribution in [-0.4, -0.2) is 22.2 Å². The SMILES string of the molecule is CC(C)Oc1ccc(-c2ncn(C)c2CCN)cc1. The van der Waals surface area contributed by atoms with Crippen molar-refractivity contribution in [2.45, 2.75) is 26.4 Å². The van der Waals surface area contributed by atoms with E-state index in [2.05, 4.69) is 4.98 Å². The van der Waals surface area contributed by atoms with Gasteiger partial charge in [-0.05, 0) is 44.7 Å². The highest BCUT2D eigenvalue weighted by atomic mass is 16.5. The summed E-state index contributed by atoms with van der Waals surface area (Å²) in [7, 11) is 2.00. The minimum absolute atomic E-state index is 0.188. The molecule has 4 nitrogen and oxygen atoms in total. The van der Waals surface area contributed by atoms with Crippen LogP contribution < -0.4 is 10.5 Å². The van der Waals surface area contributed by atoms with Gasteiger partial charge < -0.3 is 15.0 Å². The summed E-state index contributed by atoms with van der Waals surface area (Å²) in [4.78, 5) is 4.46. The Morgan fingerprint density at radius 1 is 1.26 bits per heavy atom. The second-order valence-electron chi connectivity index (χ2n) is 4.88. The summed E-state index contributed by atoms with van der Waals surface area (Å²) in [6.45, 7) is 4.67. The van der Waals surface area contributed by atoms with Crippen LogP contribution in [0.15, 0.2) is 30.6 Å². The van der Waals surface area contributed by atoms with Crippen molar-refractivity contribution in [3.8, 4) is 17.0 Å². The van der Waals surface area contributed by atoms with Crippen LogP contribution in [-0.2, 0) is 13.5 Å². The van der Waals surface area contributed by atoms with Gasteiger partial charge in [-0.2, -0.15) is 0 Å². The first-order valence-electron chi connectivity index (χ1n) is 6.59. The zero-order chi connectivity index (χ0) is 13.8. The Morgan fingerprint density at radius 3 is 2.53 bits per heavy atom. The molecule has 0 saturated carbocycles. The van der Waals surface area contributed by atoms with Crippen molar-refractivity contribution < 1.29 is 4.74 Å². The van der Waals surface area contributed by atoms with Crippen LogP contribution in [0.3, 0.4) is 0 Å². The van der Waals surface area contributed by atoms with E-state index in [0.717, 1.165) is 23.4 Å². The van der Waals surface area contributed by atoms with Crippen LogP contribution in [0.25, 0.3) is 11.3 Å². The van der Waals surface area contributed by atoms with E-state index in [-0.39, 0.29) is 6.10 Å². The number of hydrogen-bond donors (Lipinski definition) is 1. The zero-order valence-corrected chi connectivity index (χ0v) is 11.8. The van der Waals surface area contributed by atoms with Crippen LogP contribution in [0.5, 0.6) is 5.75 Å². The van der Waals surface area contributed by atoms with Gasteiger partial charge in [0.25, 0.3) is 0 Å². The maximum Gasteiger partial charge on any atom is 0.119 e. The number of aromatic nitrogens is 2. The van der Waals surface area contributed by atoms with Gasteiger partial charge in [0.05, 0.1) is 18.1 Å². The molecule has 0 bridgehead atoms. The third-order valence-electron chi connectivity index (χ3n) is 2.94. The minimum Gasteiger partial charge on any atom is -0.491 e. The molecule has 0 saturated heterocycles. The van der Waals surface area contributed by atoms with Crippen LogP contribution >= 0.6 is 0 Å². The van der Waals surface area contributed by atoms with Crippen molar-refractivity contribution in [3.63, 3.8) is 0 Å². The van der Waals surface area contributed by atoms with Crippen LogP contribution in [0, 0.1) is 0 Å². The van der Waals surface area contributed by atoms with Crippen LogP contribution in [0.4, 0.5) is 0 Å². The van der Waals surface area contributed by atoms with Gasteiger partial charge in [-0.1, -0.05) is 0 Å². The van der Waals surface area contributed by atoms with Gasteiger partial charge in [-0.15, -0.1) is 0 Å². The van der Waals surface area contributed by atoms with Gasteiger partial charge in [0.15, 0.2) is 0 Å². The average molecular weight is 259 g/mol. The molecule has 0 unspecified atom stereocenters. The fourth-order valence-electron chi connectivity index (χ4n) is 2.09. The van der Waals surface area contributed by atoms with E-state index in [1.165, 1.54) is 5.69 Å². The maximum absolute atomic E-state index is 5.65. The molecule has 0 aliphatic carbocycles. The number of nitrogens with zero attached hydrogens (tertiary/aromatic N) is 2. The lowest BCUT2D eigenvalue weighted by atomic mass is 10.1. The molecule has 0 fully saturated rings. The summed E-state index contributed by atoms with van der Waals surface area (Å²) < 4.78 is 7.67. The van der Waals surface area contributed by atoms with E-state index >= 15 is 0 Å². The van der Waals surface area contributed by atoms with Crippen molar-refractivity contribution in [2.75, 3.05) is 6.54 Å². The van der Waals surface area contributed by atoms with Gasteiger partial charge in [0, 0.05) is 24.7 Å². The molecule has 102 valence electrons. The number of benzene rings is 1. The summed E-state index contributed by atoms with van der Waals surface area (Å²) in [6.07, 6.45) is 2.85. The summed E-state index contributed by atoms with van der Waals surface area (Å²) in [5.41, 5.74) is 8.92. The fourth-order valence-corrected chi connectivity index (χ4v) is 2.09. The predicted octanol–water partition coefficient (Wildman–Crippen LogP) is 2.38. The van der Waals surface area contributed by atoms with Crippen molar-refractivity contribution in [2.24, 2.45) is 12.8 Å². The molecule has 0 atom stereocenters. The largest absolute Gasteiger partial charge is 0.491 e. The van der Waals surface area contributed by atoms with Crippen molar-refractivity contribution in [3.05, 3.63) is 36.3 Å². The Balaban J connectivity index is 2.27. The lowest BCUT2D eigenvalue weighted by Gasteiger charge is -2.10. The third-order valence-corrected chi connectivity index (χ3v) is 2.94. The molecule has 2 aromatic rings. The lowest BCUT2D eigenvalue weighted by Crippen LogP contribution is -2.07. The molecule has 1 heterocycles. The number of aryl methyl sites for hydroxylation is 1. The summed E-state index contributed by atoms with van der Waals surface area (Å²) >= 11 is 0. The average Bonchev–Trinajstić information content (AvgIpc) is 2.72. The monoisotopic (exact) mass is 259 g/mol. The lowest BCUT2D eigenvalue weighted by molar-refractivity contribution is 0.242. The van der Waals surface area contributed by atoms with Crippen molar-refractivity contribution in [1.82, 2.24) is 9.55 Å². The van der Waals surface area contributed by atoms with E-state index in [9.17, 15) is 0 Å². The van der Waals surface area contributed by atoms with Gasteiger partial charge >= 0.3 is 0 Å². The molecule has 1 aromatic carbocycles. The number of ether oxygens (including phenoxy) is 1. The molecule has 1 aromatic heterocycles. The van der Waals surface area contributed by atoms with E-state index in [1.807, 2.05) is 56.1 Å². The predicted molar refractivity (Wildman–Crippen MR) is 77.2 cm³/mol. The quantitative estimate of drug-likeness (QED) is 0.897. The first-order valence-corrected chi connectivity index (χ1v) is 6.59. The Labute approximate surface area is 114 Å². The molecule has 0 radical (unpaired) electrons. The Morgan fingerprint density at radius 2 is 1.95 bits per heavy atom. The van der Waals surface area contributed by atoms with Crippen molar-refractivity contribution in [1.29, 1.82) is 0 Å². The van der Waals surface area contributed by atoms with Crippen molar-refractivity contribution >= 4 is 0 Å². The Kier molecular flexibility index (Phi) is 4.22. The molecule has 0 aliphatic rings. The summed E-state index contributed by atoms with van der Waals surface area (Å²) in [5, 5.41) is 0. The van der Waals surface area contributed by atoms with E-state index in [0.29, 0.717) is 6.54 Å². The highest BCUT2D eigenvalue weighted by Gasteiger charge is 2.10. The molecule has 0 aliphatic heterocycles. The molecule has 0 amide bonds. The molecule has 4 heteroatoms. The van der Waals surface area contributed by atoms with E-state index < -0.39 is 0 Å². The maximum atomic E-state index is 5.65. The normalized spacial score (nSPS) is 11.0. The first kappa shape index (κ1) is 13.6. The summed E-state index contributed by atoms with van der Waals surface area (Å²) in [5.74, 6) is 0.884. The van der Waals surface area contributed by atoms with Crippen LogP contribution in [0.2, 0.25) is 0 Å². The standard InChI is InChI=1S/C15H21N3O/c1-11(2)19-13-6-4-12(5-7-13)15-14(8-9-16)18(3)10-17-15/h4-7,10-11H,8-9,16H2,1-3H3. The number of imidazole rings is 1. The second kappa shape index (κ2) is 5.89. The number of rotatable bonds is 5. The van der Waals surface area contributed by atoms with Gasteiger partial charge in [-0.25, -0.2) is 4.98 Å². The number of hydrogen-bond acceptors (Lipinski definition) is 3. The van der Waals surface area contributed by atoms with E-state index in [4.69, 9.17) is 10.5 Å². The van der Waals surface area contributed by atoms with E-state index in [1.54, 1.807) is 0 Å². The van der Waals surface area contributed by atoms with Gasteiger partial charge in [0.1, 0.15) is 5.75 Å². The fraction of sp³-hybridized carbons (Fsp3) is 0.400. The second-order valence-corrected chi connectivity index (χ2v) is 4.88. The highest BCUT2D eigenvalue weighted by Crippen LogP contribution is 2.24. The Hall–Kier alpha value is -1.81.